The molecule has 4 heteroatoms. The Kier molecular flexibility index (Phi) is 2.88. The first-order valence-corrected chi connectivity index (χ1v) is 6.53. The van der Waals surface area contributed by atoms with Crippen molar-refractivity contribution < 1.29 is 4.79 Å². The first kappa shape index (κ1) is 12.6. The van der Waals surface area contributed by atoms with E-state index in [9.17, 15) is 4.79 Å². The van der Waals surface area contributed by atoms with Crippen LogP contribution >= 0.6 is 12.2 Å². The lowest BCUT2D eigenvalue weighted by molar-refractivity contribution is 0.100. The van der Waals surface area contributed by atoms with Crippen molar-refractivity contribution in [3.8, 4) is 0 Å². The average Bonchev–Trinajstić information content (AvgIpc) is 2.43. The molecule has 0 atom stereocenters. The topological polar surface area (TPSA) is 69.1 Å². The van der Waals surface area contributed by atoms with Crippen molar-refractivity contribution >= 4 is 44.7 Å². The third-order valence-electron chi connectivity index (χ3n) is 3.39. The van der Waals surface area contributed by atoms with Gasteiger partial charge >= 0.3 is 0 Å². The lowest BCUT2D eigenvalue weighted by Crippen LogP contribution is -2.11. The molecule has 0 aliphatic carbocycles. The van der Waals surface area contributed by atoms with Gasteiger partial charge in [-0.1, -0.05) is 36.5 Å². The Morgan fingerprint density at radius 1 is 0.900 bits per heavy atom. The SMILES string of the molecule is NC(=O)c1cccc2cc3ccc(C(N)=S)cc3cc12. The highest BCUT2D eigenvalue weighted by Crippen LogP contribution is 2.26. The molecule has 20 heavy (non-hydrogen) atoms. The lowest BCUT2D eigenvalue weighted by Gasteiger charge is -2.07. The monoisotopic (exact) mass is 280 g/mol. The molecule has 3 aromatic rings. The molecular formula is C16H12N2OS. The van der Waals surface area contributed by atoms with Gasteiger partial charge in [-0.2, -0.15) is 0 Å². The predicted octanol–water partition coefficient (Wildman–Crippen LogP) is 2.73. The molecular weight excluding hydrogens is 268 g/mol. The van der Waals surface area contributed by atoms with Gasteiger partial charge in [-0.3, -0.25) is 4.79 Å². The fourth-order valence-corrected chi connectivity index (χ4v) is 2.52. The number of amides is 1. The quantitative estimate of drug-likeness (QED) is 0.560. The molecule has 0 aromatic heterocycles. The first-order chi connectivity index (χ1) is 9.56. The van der Waals surface area contributed by atoms with Gasteiger partial charge in [0.2, 0.25) is 5.91 Å². The van der Waals surface area contributed by atoms with Crippen molar-refractivity contribution in [2.75, 3.05) is 0 Å². The van der Waals surface area contributed by atoms with Gasteiger partial charge in [-0.25, -0.2) is 0 Å². The van der Waals surface area contributed by atoms with E-state index in [1.807, 2.05) is 42.5 Å². The first-order valence-electron chi connectivity index (χ1n) is 6.12. The molecule has 3 rings (SSSR count). The number of fused-ring (bicyclic) bond motifs is 2. The summed E-state index contributed by atoms with van der Waals surface area (Å²) in [5.74, 6) is -0.430. The second-order valence-corrected chi connectivity index (χ2v) is 5.11. The van der Waals surface area contributed by atoms with E-state index in [4.69, 9.17) is 23.7 Å². The summed E-state index contributed by atoms with van der Waals surface area (Å²) in [5, 5.41) is 3.88. The van der Waals surface area contributed by atoms with Gasteiger partial charge in [-0.15, -0.1) is 0 Å². The van der Waals surface area contributed by atoms with E-state index >= 15 is 0 Å². The van der Waals surface area contributed by atoms with Gasteiger partial charge in [0.25, 0.3) is 0 Å². The van der Waals surface area contributed by atoms with E-state index in [0.29, 0.717) is 10.6 Å². The number of nitrogens with two attached hydrogens (primary N) is 2. The zero-order valence-corrected chi connectivity index (χ0v) is 11.4. The summed E-state index contributed by atoms with van der Waals surface area (Å²) in [7, 11) is 0. The van der Waals surface area contributed by atoms with Crippen LogP contribution in [0.4, 0.5) is 0 Å². The summed E-state index contributed by atoms with van der Waals surface area (Å²) in [6.45, 7) is 0. The Hall–Kier alpha value is -2.46. The van der Waals surface area contributed by atoms with Gasteiger partial charge in [0.1, 0.15) is 4.99 Å². The normalized spacial score (nSPS) is 10.8. The van der Waals surface area contributed by atoms with Crippen LogP contribution in [-0.4, -0.2) is 10.9 Å². The van der Waals surface area contributed by atoms with E-state index in [2.05, 4.69) is 0 Å². The molecule has 0 spiro atoms. The Balaban J connectivity index is 2.38. The van der Waals surface area contributed by atoms with Crippen LogP contribution in [0.25, 0.3) is 21.5 Å². The van der Waals surface area contributed by atoms with Crippen LogP contribution in [0.1, 0.15) is 15.9 Å². The van der Waals surface area contributed by atoms with Crippen LogP contribution in [-0.2, 0) is 0 Å². The second-order valence-electron chi connectivity index (χ2n) is 4.67. The molecule has 0 saturated carbocycles. The van der Waals surface area contributed by atoms with Crippen molar-refractivity contribution in [3.05, 3.63) is 59.7 Å². The van der Waals surface area contributed by atoms with Crippen LogP contribution in [0, 0.1) is 0 Å². The van der Waals surface area contributed by atoms with Crippen molar-refractivity contribution in [1.82, 2.24) is 0 Å². The van der Waals surface area contributed by atoms with E-state index in [0.717, 1.165) is 27.1 Å². The van der Waals surface area contributed by atoms with E-state index < -0.39 is 5.91 Å². The Labute approximate surface area is 121 Å². The Morgan fingerprint density at radius 2 is 1.70 bits per heavy atom. The highest BCUT2D eigenvalue weighted by molar-refractivity contribution is 7.80. The maximum atomic E-state index is 11.5. The average molecular weight is 280 g/mol. The predicted molar refractivity (Wildman–Crippen MR) is 85.9 cm³/mol. The molecule has 0 fully saturated rings. The van der Waals surface area contributed by atoms with Gasteiger partial charge in [0, 0.05) is 11.1 Å². The smallest absolute Gasteiger partial charge is 0.249 e. The van der Waals surface area contributed by atoms with Crippen molar-refractivity contribution in [2.45, 2.75) is 0 Å². The van der Waals surface area contributed by atoms with Gasteiger partial charge in [0.15, 0.2) is 0 Å². The molecule has 3 aromatic carbocycles. The third kappa shape index (κ3) is 2.00. The molecule has 4 N–H and O–H groups in total. The maximum absolute atomic E-state index is 11.5. The number of hydrogen-bond donors (Lipinski definition) is 2. The summed E-state index contributed by atoms with van der Waals surface area (Å²) in [6.07, 6.45) is 0. The van der Waals surface area contributed by atoms with Crippen molar-refractivity contribution in [2.24, 2.45) is 11.5 Å². The van der Waals surface area contributed by atoms with Crippen molar-refractivity contribution in [3.63, 3.8) is 0 Å². The van der Waals surface area contributed by atoms with Crippen LogP contribution < -0.4 is 11.5 Å². The minimum atomic E-state index is -0.430. The molecule has 0 bridgehead atoms. The van der Waals surface area contributed by atoms with E-state index in [1.54, 1.807) is 6.07 Å². The molecule has 0 radical (unpaired) electrons. The van der Waals surface area contributed by atoms with Crippen LogP contribution in [0.15, 0.2) is 48.5 Å². The van der Waals surface area contributed by atoms with Gasteiger partial charge in [0.05, 0.1) is 0 Å². The van der Waals surface area contributed by atoms with Crippen LogP contribution in [0.3, 0.4) is 0 Å². The molecule has 1 amide bonds. The number of benzene rings is 3. The Bertz CT molecular complexity index is 871. The molecule has 0 aliphatic heterocycles. The Morgan fingerprint density at radius 3 is 2.40 bits per heavy atom. The number of thiocarbonyl (C=S) groups is 1. The highest BCUT2D eigenvalue weighted by Gasteiger charge is 2.08. The summed E-state index contributed by atoms with van der Waals surface area (Å²) >= 11 is 4.99. The van der Waals surface area contributed by atoms with Gasteiger partial charge < -0.3 is 11.5 Å². The molecule has 98 valence electrons. The third-order valence-corrected chi connectivity index (χ3v) is 3.62. The fraction of sp³-hybridized carbons (Fsp3) is 0. The molecule has 0 aliphatic rings. The molecule has 0 saturated heterocycles. The molecule has 0 heterocycles. The second kappa shape index (κ2) is 4.58. The number of primary amides is 1. The summed E-state index contributed by atoms with van der Waals surface area (Å²) in [4.78, 5) is 11.9. The van der Waals surface area contributed by atoms with Crippen LogP contribution in [0.5, 0.6) is 0 Å². The number of hydrogen-bond acceptors (Lipinski definition) is 2. The maximum Gasteiger partial charge on any atom is 0.249 e. The highest BCUT2D eigenvalue weighted by atomic mass is 32.1. The minimum Gasteiger partial charge on any atom is -0.389 e. The number of carbonyl (C=O) groups excluding carboxylic acids is 1. The van der Waals surface area contributed by atoms with Crippen molar-refractivity contribution in [1.29, 1.82) is 0 Å². The lowest BCUT2D eigenvalue weighted by atomic mass is 9.98. The summed E-state index contributed by atoms with van der Waals surface area (Å²) < 4.78 is 0. The number of carbonyl (C=O) groups is 1. The zero-order valence-electron chi connectivity index (χ0n) is 10.6. The number of rotatable bonds is 2. The summed E-state index contributed by atoms with van der Waals surface area (Å²) in [6, 6.07) is 15.3. The zero-order chi connectivity index (χ0) is 14.3. The van der Waals surface area contributed by atoms with E-state index in [-0.39, 0.29) is 0 Å². The minimum absolute atomic E-state index is 0.357. The van der Waals surface area contributed by atoms with Crippen LogP contribution in [0.2, 0.25) is 0 Å². The standard InChI is InChI=1S/C16H12N2OS/c17-15(19)13-3-1-2-10-6-9-4-5-11(16(18)20)7-12(9)8-14(10)13/h1-8H,(H2,17,19)(H2,18,20). The fourth-order valence-electron chi connectivity index (χ4n) is 2.39. The molecule has 3 nitrogen and oxygen atoms in total. The summed E-state index contributed by atoms with van der Waals surface area (Å²) in [5.41, 5.74) is 12.4. The van der Waals surface area contributed by atoms with E-state index in [1.165, 1.54) is 0 Å². The molecule has 0 unspecified atom stereocenters. The van der Waals surface area contributed by atoms with Gasteiger partial charge in [-0.05, 0) is 45.8 Å². The largest absolute Gasteiger partial charge is 0.389 e.